The largest absolute Gasteiger partial charge is 0.363 e. The third kappa shape index (κ3) is 6.24. The number of halogens is 4. The van der Waals surface area contributed by atoms with Gasteiger partial charge in [-0.3, -0.25) is 20.2 Å². The van der Waals surface area contributed by atoms with Gasteiger partial charge in [-0.25, -0.2) is 0 Å². The van der Waals surface area contributed by atoms with E-state index in [2.05, 4.69) is 10.3 Å². The fourth-order valence-corrected chi connectivity index (χ4v) is 5.69. The van der Waals surface area contributed by atoms with E-state index in [1.165, 1.54) is 24.3 Å². The Labute approximate surface area is 281 Å². The Kier molecular flexibility index (Phi) is 8.87. The second kappa shape index (κ2) is 13.0. The second-order valence-electron chi connectivity index (χ2n) is 10.1. The highest BCUT2D eigenvalue weighted by Gasteiger charge is 2.38. The van der Waals surface area contributed by atoms with Crippen molar-refractivity contribution >= 4 is 69.4 Å². The van der Waals surface area contributed by atoms with E-state index in [4.69, 9.17) is 56.1 Å². The van der Waals surface area contributed by atoms with Gasteiger partial charge in [-0.2, -0.15) is 0 Å². The fourth-order valence-electron chi connectivity index (χ4n) is 5.07. The van der Waals surface area contributed by atoms with E-state index in [1.54, 1.807) is 60.7 Å². The van der Waals surface area contributed by atoms with E-state index >= 15 is 0 Å². The van der Waals surface area contributed by atoms with Gasteiger partial charge < -0.3 is 19.5 Å². The maximum absolute atomic E-state index is 11.7. The zero-order valence-corrected chi connectivity index (χ0v) is 26.3. The Balaban J connectivity index is 1.37. The summed E-state index contributed by atoms with van der Waals surface area (Å²) in [6, 6.07) is 22.7. The zero-order chi connectivity index (χ0) is 32.5. The topological polar surface area (TPSA) is 136 Å². The van der Waals surface area contributed by atoms with Crippen molar-refractivity contribution < 1.29 is 19.5 Å². The molecule has 12 nitrogen and oxygen atoms in total. The van der Waals surface area contributed by atoms with Crippen LogP contribution in [0.15, 0.2) is 95.2 Å². The van der Waals surface area contributed by atoms with Crippen molar-refractivity contribution in [1.82, 2.24) is 9.80 Å². The molecule has 0 amide bonds. The number of rotatable bonds is 9. The SMILES string of the molecule is O=[N+]([O-])c1cc(C2ON=C(c3ccc(Cl)cc3)N2CCN2C(c3ccc(Cl)cc3)=NOC2c2ccc(Cl)c([N+](=O)[O-])c2)ccc1Cl. The molecule has 0 aromatic heterocycles. The summed E-state index contributed by atoms with van der Waals surface area (Å²) >= 11 is 24.4. The molecule has 4 aromatic rings. The van der Waals surface area contributed by atoms with Gasteiger partial charge in [0.05, 0.1) is 9.85 Å². The average molecular weight is 702 g/mol. The van der Waals surface area contributed by atoms with Crippen LogP contribution in [0.1, 0.15) is 34.7 Å². The first kappa shape index (κ1) is 31.4. The number of amidine groups is 2. The van der Waals surface area contributed by atoms with Gasteiger partial charge in [-0.05, 0) is 60.7 Å². The summed E-state index contributed by atoms with van der Waals surface area (Å²) in [5, 5.41) is 33.0. The molecule has 0 N–H and O–H groups in total. The first-order valence-corrected chi connectivity index (χ1v) is 15.0. The average Bonchev–Trinajstić information content (AvgIpc) is 3.65. The summed E-state index contributed by atoms with van der Waals surface area (Å²) in [5.74, 6) is 0.895. The van der Waals surface area contributed by atoms with Crippen LogP contribution in [0.2, 0.25) is 20.1 Å². The van der Waals surface area contributed by atoms with Crippen LogP contribution in [0, 0.1) is 20.2 Å². The predicted octanol–water partition coefficient (Wildman–Crippen LogP) is 8.20. The van der Waals surface area contributed by atoms with Crippen LogP contribution in [0.4, 0.5) is 11.4 Å². The third-order valence-corrected chi connectivity index (χ3v) is 8.42. The molecule has 0 fully saturated rings. The fraction of sp³-hybridized carbons (Fsp3) is 0.133. The molecule has 2 heterocycles. The lowest BCUT2D eigenvalue weighted by Gasteiger charge is -2.31. The summed E-state index contributed by atoms with van der Waals surface area (Å²) in [5.41, 5.74) is 1.69. The summed E-state index contributed by atoms with van der Waals surface area (Å²) < 4.78 is 0. The molecular formula is C30H20Cl4N6O6. The summed E-state index contributed by atoms with van der Waals surface area (Å²) in [7, 11) is 0. The number of hydrogen-bond acceptors (Lipinski definition) is 10. The number of nitrogens with zero attached hydrogens (tertiary/aromatic N) is 6. The molecule has 2 aliphatic rings. The lowest BCUT2D eigenvalue weighted by atomic mass is 10.1. The number of oxime groups is 2. The Morgan fingerprint density at radius 3 is 1.33 bits per heavy atom. The van der Waals surface area contributed by atoms with E-state index in [0.29, 0.717) is 44.0 Å². The van der Waals surface area contributed by atoms with Crippen molar-refractivity contribution in [2.75, 3.05) is 13.1 Å². The highest BCUT2D eigenvalue weighted by Crippen LogP contribution is 2.37. The Morgan fingerprint density at radius 2 is 0.978 bits per heavy atom. The molecule has 16 heteroatoms. The molecule has 2 atom stereocenters. The maximum Gasteiger partial charge on any atom is 0.288 e. The van der Waals surface area contributed by atoms with Crippen molar-refractivity contribution in [1.29, 1.82) is 0 Å². The lowest BCUT2D eigenvalue weighted by molar-refractivity contribution is -0.385. The normalized spacial score (nSPS) is 17.3. The molecule has 46 heavy (non-hydrogen) atoms. The molecule has 0 bridgehead atoms. The Hall–Kier alpha value is -4.62. The minimum atomic E-state index is -0.865. The van der Waals surface area contributed by atoms with Crippen molar-refractivity contribution in [2.24, 2.45) is 10.3 Å². The minimum absolute atomic E-state index is 0.0185. The number of nitro benzene ring substituents is 2. The van der Waals surface area contributed by atoms with E-state index < -0.39 is 22.3 Å². The molecule has 4 aromatic carbocycles. The molecule has 2 aliphatic heterocycles. The van der Waals surface area contributed by atoms with Gasteiger partial charge in [0, 0.05) is 57.5 Å². The van der Waals surface area contributed by atoms with Crippen molar-refractivity contribution in [3.63, 3.8) is 0 Å². The lowest BCUT2D eigenvalue weighted by Crippen LogP contribution is -2.41. The van der Waals surface area contributed by atoms with Crippen LogP contribution in [-0.2, 0) is 9.68 Å². The van der Waals surface area contributed by atoms with Crippen molar-refractivity contribution in [2.45, 2.75) is 12.5 Å². The number of nitro groups is 2. The second-order valence-corrected chi connectivity index (χ2v) is 11.8. The zero-order valence-electron chi connectivity index (χ0n) is 23.3. The monoisotopic (exact) mass is 700 g/mol. The quantitative estimate of drug-likeness (QED) is 0.126. The molecule has 0 saturated carbocycles. The summed E-state index contributed by atoms with van der Waals surface area (Å²) in [4.78, 5) is 37.6. The van der Waals surface area contributed by atoms with Crippen LogP contribution < -0.4 is 0 Å². The Morgan fingerprint density at radius 1 is 0.609 bits per heavy atom. The van der Waals surface area contributed by atoms with Gasteiger partial charge in [0.25, 0.3) is 11.4 Å². The van der Waals surface area contributed by atoms with Crippen LogP contribution in [0.25, 0.3) is 0 Å². The highest BCUT2D eigenvalue weighted by atomic mass is 35.5. The maximum atomic E-state index is 11.7. The van der Waals surface area contributed by atoms with Gasteiger partial charge >= 0.3 is 0 Å². The van der Waals surface area contributed by atoms with Crippen LogP contribution >= 0.6 is 46.4 Å². The van der Waals surface area contributed by atoms with Gasteiger partial charge in [-0.1, -0.05) is 68.8 Å². The van der Waals surface area contributed by atoms with Crippen molar-refractivity contribution in [3.05, 3.63) is 148 Å². The minimum Gasteiger partial charge on any atom is -0.363 e. The summed E-state index contributed by atoms with van der Waals surface area (Å²) in [6.07, 6.45) is -1.73. The van der Waals surface area contributed by atoms with Gasteiger partial charge in [0.2, 0.25) is 12.5 Å². The smallest absolute Gasteiger partial charge is 0.288 e. The molecule has 6 rings (SSSR count). The number of hydrogen-bond donors (Lipinski definition) is 0. The number of benzene rings is 4. The molecule has 234 valence electrons. The molecule has 0 radical (unpaired) electrons. The van der Waals surface area contributed by atoms with Crippen LogP contribution in [-0.4, -0.2) is 44.4 Å². The van der Waals surface area contributed by atoms with Gasteiger partial charge in [-0.15, -0.1) is 0 Å². The van der Waals surface area contributed by atoms with Gasteiger partial charge in [0.15, 0.2) is 11.7 Å². The first-order valence-electron chi connectivity index (χ1n) is 13.5. The van der Waals surface area contributed by atoms with Crippen LogP contribution in [0.5, 0.6) is 0 Å². The van der Waals surface area contributed by atoms with Crippen LogP contribution in [0.3, 0.4) is 0 Å². The standard InChI is InChI=1S/C30H20Cl4N6O6/c31-21-7-1-17(2-8-21)27-35-45-29(19-5-11-23(33)25(15-19)39(41)42)37(27)13-14-38-28(18-3-9-22(32)10-4-18)36-46-30(38)20-6-12-24(34)26(16-20)40(43)44/h1-12,15-16,29-30H,13-14H2. The van der Waals surface area contributed by atoms with E-state index in [-0.39, 0.29) is 34.5 Å². The van der Waals surface area contributed by atoms with Gasteiger partial charge in [0.1, 0.15) is 10.0 Å². The molecule has 2 unspecified atom stereocenters. The third-order valence-electron chi connectivity index (χ3n) is 7.28. The Bertz CT molecular complexity index is 1750. The molecular weight excluding hydrogens is 682 g/mol. The first-order chi connectivity index (χ1) is 22.1. The van der Waals surface area contributed by atoms with E-state index in [9.17, 15) is 20.2 Å². The highest BCUT2D eigenvalue weighted by molar-refractivity contribution is 6.33. The van der Waals surface area contributed by atoms with E-state index in [0.717, 1.165) is 0 Å². The molecule has 0 aliphatic carbocycles. The summed E-state index contributed by atoms with van der Waals surface area (Å²) in [6.45, 7) is 0.454. The molecule has 0 spiro atoms. The van der Waals surface area contributed by atoms with Crippen molar-refractivity contribution in [3.8, 4) is 0 Å². The predicted molar refractivity (Wildman–Crippen MR) is 173 cm³/mol. The van der Waals surface area contributed by atoms with E-state index in [1.807, 2.05) is 9.80 Å². The molecule has 0 saturated heterocycles.